The lowest BCUT2D eigenvalue weighted by atomic mass is 10.1. The highest BCUT2D eigenvalue weighted by Crippen LogP contribution is 2.35. The van der Waals surface area contributed by atoms with E-state index >= 15 is 0 Å². The second kappa shape index (κ2) is 5.43. The van der Waals surface area contributed by atoms with Gasteiger partial charge in [-0.05, 0) is 17.7 Å². The summed E-state index contributed by atoms with van der Waals surface area (Å²) in [5.74, 6) is 1.52. The molecule has 4 heteroatoms. The molecule has 104 valence electrons. The first-order chi connectivity index (χ1) is 9.74. The Morgan fingerprint density at radius 2 is 1.85 bits per heavy atom. The molecule has 3 rings (SSSR count). The van der Waals surface area contributed by atoms with Gasteiger partial charge in [0.1, 0.15) is 0 Å². The maximum atomic E-state index is 10.2. The Kier molecular flexibility index (Phi) is 3.48. The van der Waals surface area contributed by atoms with Gasteiger partial charge in [0.15, 0.2) is 11.5 Å². The molecule has 4 nitrogen and oxygen atoms in total. The largest absolute Gasteiger partial charge is 0.454 e. The third kappa shape index (κ3) is 2.56. The van der Waals surface area contributed by atoms with Gasteiger partial charge in [0.2, 0.25) is 6.79 Å². The molecule has 0 saturated carbocycles. The van der Waals surface area contributed by atoms with Gasteiger partial charge in [-0.25, -0.2) is 0 Å². The molecule has 1 unspecified atom stereocenters. The van der Waals surface area contributed by atoms with Crippen molar-refractivity contribution in [1.82, 2.24) is 0 Å². The topological polar surface area (TPSA) is 41.9 Å². The highest BCUT2D eigenvalue weighted by molar-refractivity contribution is 5.56. The number of rotatable bonds is 4. The minimum Gasteiger partial charge on any atom is -0.454 e. The van der Waals surface area contributed by atoms with Gasteiger partial charge in [0, 0.05) is 25.3 Å². The summed E-state index contributed by atoms with van der Waals surface area (Å²) in [6, 6.07) is 15.4. The van der Waals surface area contributed by atoms with Crippen LogP contribution in [0.3, 0.4) is 0 Å². The summed E-state index contributed by atoms with van der Waals surface area (Å²) in [7, 11) is 1.95. The predicted molar refractivity (Wildman–Crippen MR) is 77.2 cm³/mol. The van der Waals surface area contributed by atoms with Crippen molar-refractivity contribution in [1.29, 1.82) is 0 Å². The molecule has 2 aromatic rings. The fourth-order valence-corrected chi connectivity index (χ4v) is 2.27. The van der Waals surface area contributed by atoms with E-state index in [1.54, 1.807) is 0 Å². The number of benzene rings is 2. The van der Waals surface area contributed by atoms with E-state index in [0.29, 0.717) is 6.54 Å². The molecule has 1 heterocycles. The van der Waals surface area contributed by atoms with Gasteiger partial charge in [-0.2, -0.15) is 0 Å². The fraction of sp³-hybridized carbons (Fsp3) is 0.250. The van der Waals surface area contributed by atoms with E-state index in [2.05, 4.69) is 0 Å². The van der Waals surface area contributed by atoms with Gasteiger partial charge < -0.3 is 19.5 Å². The zero-order valence-electron chi connectivity index (χ0n) is 11.3. The van der Waals surface area contributed by atoms with Crippen LogP contribution in [-0.4, -0.2) is 25.5 Å². The molecule has 1 N–H and O–H groups in total. The first-order valence-electron chi connectivity index (χ1n) is 6.58. The Balaban J connectivity index is 1.71. The van der Waals surface area contributed by atoms with Crippen molar-refractivity contribution in [3.63, 3.8) is 0 Å². The number of hydrogen-bond donors (Lipinski definition) is 1. The normalized spacial score (nSPS) is 14.1. The second-order valence-corrected chi connectivity index (χ2v) is 4.84. The average molecular weight is 271 g/mol. The van der Waals surface area contributed by atoms with E-state index in [1.165, 1.54) is 0 Å². The molecule has 0 aliphatic carbocycles. The van der Waals surface area contributed by atoms with Crippen molar-refractivity contribution < 1.29 is 14.6 Å². The summed E-state index contributed by atoms with van der Waals surface area (Å²) in [5.41, 5.74) is 1.91. The summed E-state index contributed by atoms with van der Waals surface area (Å²) in [6.07, 6.45) is -0.522. The van der Waals surface area contributed by atoms with Crippen molar-refractivity contribution in [3.8, 4) is 11.5 Å². The number of aliphatic hydroxyl groups is 1. The lowest BCUT2D eigenvalue weighted by Gasteiger charge is -2.23. The smallest absolute Gasteiger partial charge is 0.231 e. The van der Waals surface area contributed by atoms with Crippen LogP contribution in [0, 0.1) is 0 Å². The van der Waals surface area contributed by atoms with Crippen LogP contribution in [0.4, 0.5) is 5.69 Å². The Morgan fingerprint density at radius 3 is 2.65 bits per heavy atom. The predicted octanol–water partition coefficient (Wildman–Crippen LogP) is 2.59. The SMILES string of the molecule is CN(CC(O)c1ccccc1)c1ccc2c(c1)OCO2. The molecular formula is C16H17NO3. The van der Waals surface area contributed by atoms with Crippen molar-refractivity contribution in [2.45, 2.75) is 6.10 Å². The third-order valence-corrected chi connectivity index (χ3v) is 3.43. The van der Waals surface area contributed by atoms with Crippen LogP contribution in [0.5, 0.6) is 11.5 Å². The molecule has 0 aromatic heterocycles. The number of ether oxygens (including phenoxy) is 2. The van der Waals surface area contributed by atoms with E-state index in [9.17, 15) is 5.11 Å². The Labute approximate surface area is 118 Å². The lowest BCUT2D eigenvalue weighted by molar-refractivity contribution is 0.174. The van der Waals surface area contributed by atoms with Crippen LogP contribution in [0.15, 0.2) is 48.5 Å². The fourth-order valence-electron chi connectivity index (χ4n) is 2.27. The van der Waals surface area contributed by atoms with E-state index in [0.717, 1.165) is 22.7 Å². The van der Waals surface area contributed by atoms with Crippen LogP contribution in [0.2, 0.25) is 0 Å². The monoisotopic (exact) mass is 271 g/mol. The Hall–Kier alpha value is -2.20. The highest BCUT2D eigenvalue weighted by Gasteiger charge is 2.16. The zero-order chi connectivity index (χ0) is 13.9. The highest BCUT2D eigenvalue weighted by atomic mass is 16.7. The standard InChI is InChI=1S/C16H17NO3/c1-17(10-14(18)12-5-3-2-4-6-12)13-7-8-15-16(9-13)20-11-19-15/h2-9,14,18H,10-11H2,1H3. The minimum absolute atomic E-state index is 0.273. The molecule has 0 saturated heterocycles. The second-order valence-electron chi connectivity index (χ2n) is 4.84. The van der Waals surface area contributed by atoms with Gasteiger partial charge in [-0.15, -0.1) is 0 Å². The van der Waals surface area contributed by atoms with E-state index in [1.807, 2.05) is 60.5 Å². The van der Waals surface area contributed by atoms with Crippen molar-refractivity contribution in [2.75, 3.05) is 25.3 Å². The molecule has 20 heavy (non-hydrogen) atoms. The maximum Gasteiger partial charge on any atom is 0.231 e. The van der Waals surface area contributed by atoms with Gasteiger partial charge in [0.25, 0.3) is 0 Å². The summed E-state index contributed by atoms with van der Waals surface area (Å²) in [6.45, 7) is 0.790. The molecule has 1 atom stereocenters. The van der Waals surface area contributed by atoms with Gasteiger partial charge in [0.05, 0.1) is 6.10 Å². The Bertz CT molecular complexity index is 586. The molecule has 0 bridgehead atoms. The zero-order valence-corrected chi connectivity index (χ0v) is 11.3. The number of hydrogen-bond acceptors (Lipinski definition) is 4. The quantitative estimate of drug-likeness (QED) is 0.928. The molecular weight excluding hydrogens is 254 g/mol. The van der Waals surface area contributed by atoms with Gasteiger partial charge >= 0.3 is 0 Å². The Morgan fingerprint density at radius 1 is 1.10 bits per heavy atom. The van der Waals surface area contributed by atoms with Crippen molar-refractivity contribution in [2.24, 2.45) is 0 Å². The number of anilines is 1. The molecule has 0 radical (unpaired) electrons. The molecule has 0 amide bonds. The number of aliphatic hydroxyl groups excluding tert-OH is 1. The van der Waals surface area contributed by atoms with Crippen molar-refractivity contribution >= 4 is 5.69 Å². The van der Waals surface area contributed by atoms with Gasteiger partial charge in [-0.1, -0.05) is 30.3 Å². The number of likely N-dealkylation sites (N-methyl/N-ethyl adjacent to an activating group) is 1. The van der Waals surface area contributed by atoms with Crippen molar-refractivity contribution in [3.05, 3.63) is 54.1 Å². The summed E-state index contributed by atoms with van der Waals surface area (Å²) < 4.78 is 10.7. The maximum absolute atomic E-state index is 10.2. The van der Waals surface area contributed by atoms with Crippen LogP contribution >= 0.6 is 0 Å². The molecule has 2 aromatic carbocycles. The minimum atomic E-state index is -0.522. The molecule has 0 fully saturated rings. The number of nitrogens with zero attached hydrogens (tertiary/aromatic N) is 1. The van der Waals surface area contributed by atoms with E-state index < -0.39 is 6.10 Å². The van der Waals surface area contributed by atoms with Crippen LogP contribution in [0.25, 0.3) is 0 Å². The van der Waals surface area contributed by atoms with Crippen LogP contribution in [0.1, 0.15) is 11.7 Å². The first kappa shape index (κ1) is 12.8. The lowest BCUT2D eigenvalue weighted by Crippen LogP contribution is -2.24. The van der Waals surface area contributed by atoms with Crippen LogP contribution < -0.4 is 14.4 Å². The van der Waals surface area contributed by atoms with E-state index in [-0.39, 0.29) is 6.79 Å². The average Bonchev–Trinajstić information content (AvgIpc) is 2.95. The van der Waals surface area contributed by atoms with E-state index in [4.69, 9.17) is 9.47 Å². The third-order valence-electron chi connectivity index (χ3n) is 3.43. The van der Waals surface area contributed by atoms with Gasteiger partial charge in [-0.3, -0.25) is 0 Å². The molecule has 1 aliphatic rings. The molecule has 0 spiro atoms. The van der Waals surface area contributed by atoms with Crippen LogP contribution in [-0.2, 0) is 0 Å². The summed E-state index contributed by atoms with van der Waals surface area (Å²) >= 11 is 0. The summed E-state index contributed by atoms with van der Waals surface area (Å²) in [5, 5.41) is 10.2. The first-order valence-corrected chi connectivity index (χ1v) is 6.58. The number of fused-ring (bicyclic) bond motifs is 1. The molecule has 1 aliphatic heterocycles. The summed E-state index contributed by atoms with van der Waals surface area (Å²) in [4.78, 5) is 2.00.